The maximum atomic E-state index is 11.2. The summed E-state index contributed by atoms with van der Waals surface area (Å²) < 4.78 is 5.05. The minimum atomic E-state index is -0.485. The molecule has 0 heterocycles. The number of alkyl carbamates (subject to hydrolysis) is 1. The lowest BCUT2D eigenvalue weighted by Gasteiger charge is -2.20. The van der Waals surface area contributed by atoms with Crippen molar-refractivity contribution in [1.29, 1.82) is 0 Å². The average molecular weight is 233 g/mol. The normalized spacial score (nSPS) is 13.1. The van der Waals surface area contributed by atoms with E-state index in [9.17, 15) is 9.59 Å². The number of carbonyl (C=O) groups is 2. The molecule has 0 aromatic carbocycles. The number of hydrogen-bond acceptors (Lipinski definition) is 4. The van der Waals surface area contributed by atoms with E-state index in [1.807, 2.05) is 6.92 Å². The van der Waals surface area contributed by atoms with Crippen molar-refractivity contribution in [2.24, 2.45) is 0 Å². The van der Waals surface area contributed by atoms with Crippen molar-refractivity contribution in [2.45, 2.75) is 45.5 Å². The molecular weight excluding hydrogens is 214 g/mol. The molecule has 0 saturated carbocycles. The molecule has 0 aromatic rings. The number of hydrogen-bond donors (Lipinski definition) is 1. The van der Waals surface area contributed by atoms with Crippen LogP contribution in [0.15, 0.2) is 0 Å². The monoisotopic (exact) mass is 233 g/mol. The molecule has 4 nitrogen and oxygen atoms in total. The van der Waals surface area contributed by atoms with Gasteiger partial charge in [-0.2, -0.15) is 0 Å². The number of amides is 1. The molecule has 0 radical (unpaired) electrons. The second-order valence-electron chi connectivity index (χ2n) is 4.30. The summed E-state index contributed by atoms with van der Waals surface area (Å²) in [5, 5.41) is 2.72. The van der Waals surface area contributed by atoms with Crippen molar-refractivity contribution in [3.63, 3.8) is 0 Å². The zero-order valence-electron chi connectivity index (χ0n) is 9.92. The summed E-state index contributed by atoms with van der Waals surface area (Å²) in [6.45, 7) is 9.23. The van der Waals surface area contributed by atoms with Gasteiger partial charge in [0.2, 0.25) is 0 Å². The molecule has 5 heteroatoms. The third-order valence-corrected chi connectivity index (χ3v) is 2.20. The Kier molecular flexibility index (Phi) is 5.72. The van der Waals surface area contributed by atoms with Gasteiger partial charge in [0.1, 0.15) is 5.60 Å². The highest BCUT2D eigenvalue weighted by atomic mass is 32.2. The number of ether oxygens (including phenoxy) is 1. The highest BCUT2D eigenvalue weighted by molar-refractivity contribution is 8.14. The van der Waals surface area contributed by atoms with Gasteiger partial charge in [-0.1, -0.05) is 18.7 Å². The van der Waals surface area contributed by atoms with Gasteiger partial charge in [-0.15, -0.1) is 0 Å². The molecule has 88 valence electrons. The molecule has 0 aliphatic heterocycles. The first kappa shape index (κ1) is 14.3. The minimum Gasteiger partial charge on any atom is -0.444 e. The van der Waals surface area contributed by atoms with Crippen LogP contribution in [0.2, 0.25) is 0 Å². The predicted molar refractivity (Wildman–Crippen MR) is 62.0 cm³/mol. The molecule has 0 aliphatic carbocycles. The van der Waals surface area contributed by atoms with Gasteiger partial charge in [-0.25, -0.2) is 4.79 Å². The molecule has 1 atom stereocenters. The third-order valence-electron chi connectivity index (χ3n) is 1.30. The Hall–Kier alpha value is -0.710. The summed E-state index contributed by atoms with van der Waals surface area (Å²) in [6, 6.07) is 0. The van der Waals surface area contributed by atoms with Gasteiger partial charge in [-0.05, 0) is 20.8 Å². The van der Waals surface area contributed by atoms with E-state index >= 15 is 0 Å². The van der Waals surface area contributed by atoms with E-state index in [0.717, 1.165) is 0 Å². The second kappa shape index (κ2) is 6.00. The fourth-order valence-corrected chi connectivity index (χ4v) is 1.60. The number of carbonyl (C=O) groups excluding carboxylic acids is 2. The maximum Gasteiger partial charge on any atom is 0.407 e. The Morgan fingerprint density at radius 3 is 2.33 bits per heavy atom. The van der Waals surface area contributed by atoms with Crippen LogP contribution in [-0.4, -0.2) is 28.6 Å². The van der Waals surface area contributed by atoms with E-state index < -0.39 is 11.7 Å². The quantitative estimate of drug-likeness (QED) is 0.811. The third kappa shape index (κ3) is 9.59. The fourth-order valence-electron chi connectivity index (χ4n) is 0.866. The number of rotatable bonds is 3. The summed E-state index contributed by atoms with van der Waals surface area (Å²) in [6.07, 6.45) is -0.446. The Morgan fingerprint density at radius 2 is 1.93 bits per heavy atom. The van der Waals surface area contributed by atoms with Crippen LogP contribution >= 0.6 is 11.8 Å². The highest BCUT2D eigenvalue weighted by Crippen LogP contribution is 2.10. The lowest BCUT2D eigenvalue weighted by atomic mass is 10.2. The van der Waals surface area contributed by atoms with Gasteiger partial charge in [0, 0.05) is 18.7 Å². The second-order valence-corrected chi connectivity index (χ2v) is 5.92. The zero-order chi connectivity index (χ0) is 12.1. The van der Waals surface area contributed by atoms with Crippen molar-refractivity contribution in [3.05, 3.63) is 0 Å². The summed E-state index contributed by atoms with van der Waals surface area (Å²) in [7, 11) is 0. The minimum absolute atomic E-state index is 0.0495. The average Bonchev–Trinajstić information content (AvgIpc) is 1.96. The number of thioether (sulfide) groups is 1. The van der Waals surface area contributed by atoms with E-state index in [-0.39, 0.29) is 10.4 Å². The molecular formula is C10H19NO3S. The smallest absolute Gasteiger partial charge is 0.407 e. The van der Waals surface area contributed by atoms with Crippen molar-refractivity contribution < 1.29 is 14.3 Å². The van der Waals surface area contributed by atoms with E-state index in [0.29, 0.717) is 6.54 Å². The molecule has 1 N–H and O–H groups in total. The van der Waals surface area contributed by atoms with Crippen LogP contribution in [0.5, 0.6) is 0 Å². The van der Waals surface area contributed by atoms with Gasteiger partial charge < -0.3 is 10.1 Å². The van der Waals surface area contributed by atoms with Crippen LogP contribution < -0.4 is 5.32 Å². The fraction of sp³-hybridized carbons (Fsp3) is 0.800. The van der Waals surface area contributed by atoms with Crippen molar-refractivity contribution in [3.8, 4) is 0 Å². The first-order valence-electron chi connectivity index (χ1n) is 4.85. The summed E-state index contributed by atoms with van der Waals surface area (Å²) in [5.74, 6) is 0. The molecule has 0 aromatic heterocycles. The molecule has 0 bridgehead atoms. The molecule has 15 heavy (non-hydrogen) atoms. The van der Waals surface area contributed by atoms with Crippen LogP contribution in [0.1, 0.15) is 34.6 Å². The highest BCUT2D eigenvalue weighted by Gasteiger charge is 2.16. The summed E-state index contributed by atoms with van der Waals surface area (Å²) >= 11 is 1.21. The maximum absolute atomic E-state index is 11.2. The zero-order valence-corrected chi connectivity index (χ0v) is 10.7. The molecule has 0 rings (SSSR count). The van der Waals surface area contributed by atoms with Crippen LogP contribution in [0.3, 0.4) is 0 Å². The van der Waals surface area contributed by atoms with Crippen molar-refractivity contribution in [1.82, 2.24) is 5.32 Å². The van der Waals surface area contributed by atoms with Crippen LogP contribution in [0.25, 0.3) is 0 Å². The molecule has 1 unspecified atom stereocenters. The van der Waals surface area contributed by atoms with Gasteiger partial charge in [0.05, 0.1) is 0 Å². The van der Waals surface area contributed by atoms with Crippen molar-refractivity contribution >= 4 is 23.0 Å². The molecule has 0 fully saturated rings. The Morgan fingerprint density at radius 1 is 1.40 bits per heavy atom. The molecule has 0 aliphatic rings. The first-order chi connectivity index (χ1) is 6.70. The Bertz CT molecular complexity index is 235. The Labute approximate surface area is 95.1 Å². The SMILES string of the molecule is CC(=O)SC(C)CNC(=O)OC(C)(C)C. The van der Waals surface area contributed by atoms with Crippen LogP contribution in [0.4, 0.5) is 4.79 Å². The topological polar surface area (TPSA) is 55.4 Å². The predicted octanol–water partition coefficient (Wildman–Crippen LogP) is 2.18. The van der Waals surface area contributed by atoms with Crippen molar-refractivity contribution in [2.75, 3.05) is 6.54 Å². The van der Waals surface area contributed by atoms with Gasteiger partial charge >= 0.3 is 6.09 Å². The molecule has 0 saturated heterocycles. The van der Waals surface area contributed by atoms with Gasteiger partial charge in [0.15, 0.2) is 5.12 Å². The van der Waals surface area contributed by atoms with E-state index in [1.54, 1.807) is 20.8 Å². The van der Waals surface area contributed by atoms with Crippen LogP contribution in [0, 0.1) is 0 Å². The Balaban J connectivity index is 3.76. The lowest BCUT2D eigenvalue weighted by molar-refractivity contribution is -0.109. The molecule has 0 spiro atoms. The van der Waals surface area contributed by atoms with E-state index in [4.69, 9.17) is 4.74 Å². The summed E-state index contributed by atoms with van der Waals surface area (Å²) in [5.41, 5.74) is -0.485. The number of nitrogens with one attached hydrogen (secondary N) is 1. The van der Waals surface area contributed by atoms with Gasteiger partial charge in [0.25, 0.3) is 0 Å². The largest absolute Gasteiger partial charge is 0.444 e. The van der Waals surface area contributed by atoms with E-state index in [2.05, 4.69) is 5.32 Å². The first-order valence-corrected chi connectivity index (χ1v) is 5.73. The van der Waals surface area contributed by atoms with Crippen LogP contribution in [-0.2, 0) is 9.53 Å². The lowest BCUT2D eigenvalue weighted by Crippen LogP contribution is -2.35. The van der Waals surface area contributed by atoms with E-state index in [1.165, 1.54) is 18.7 Å². The molecule has 1 amide bonds. The van der Waals surface area contributed by atoms with Gasteiger partial charge in [-0.3, -0.25) is 4.79 Å². The summed E-state index contributed by atoms with van der Waals surface area (Å²) in [4.78, 5) is 22.0. The standard InChI is InChI=1S/C10H19NO3S/c1-7(15-8(2)12)6-11-9(13)14-10(3,4)5/h7H,6H2,1-5H3,(H,11,13).